The highest BCUT2D eigenvalue weighted by Gasteiger charge is 2.17. The molecule has 4 rings (SSSR count). The molecule has 0 radical (unpaired) electrons. The first-order chi connectivity index (χ1) is 15.0. The summed E-state index contributed by atoms with van der Waals surface area (Å²) in [6, 6.07) is 14.1. The van der Waals surface area contributed by atoms with E-state index in [0.717, 1.165) is 11.3 Å². The second-order valence-electron chi connectivity index (χ2n) is 6.17. The summed E-state index contributed by atoms with van der Waals surface area (Å²) >= 11 is 7.13. The molecule has 0 atom stereocenters. The number of thiophene rings is 1. The third-order valence-corrected chi connectivity index (χ3v) is 5.27. The summed E-state index contributed by atoms with van der Waals surface area (Å²) in [7, 11) is 0. The summed E-state index contributed by atoms with van der Waals surface area (Å²) in [4.78, 5) is 37.4. The molecular formula is C21H14ClN3O5S. The topological polar surface area (TPSA) is 114 Å². The predicted molar refractivity (Wildman–Crippen MR) is 117 cm³/mol. The lowest BCUT2D eigenvalue weighted by Gasteiger charge is -2.12. The van der Waals surface area contributed by atoms with Gasteiger partial charge in [0.1, 0.15) is 0 Å². The highest BCUT2D eigenvalue weighted by molar-refractivity contribution is 7.18. The van der Waals surface area contributed by atoms with Gasteiger partial charge in [0, 0.05) is 5.02 Å². The Morgan fingerprint density at radius 3 is 2.03 bits per heavy atom. The van der Waals surface area contributed by atoms with Gasteiger partial charge in [0.2, 0.25) is 0 Å². The summed E-state index contributed by atoms with van der Waals surface area (Å²) in [5.74, 6) is -1.04. The Morgan fingerprint density at radius 1 is 0.742 bits per heavy atom. The zero-order valence-electron chi connectivity index (χ0n) is 15.7. The van der Waals surface area contributed by atoms with Crippen LogP contribution in [0.2, 0.25) is 5.02 Å². The molecule has 3 N–H and O–H groups in total. The lowest BCUT2D eigenvalue weighted by Crippen LogP contribution is -2.16. The molecule has 31 heavy (non-hydrogen) atoms. The van der Waals surface area contributed by atoms with Crippen molar-refractivity contribution < 1.29 is 23.2 Å². The van der Waals surface area contributed by atoms with Crippen molar-refractivity contribution in [1.29, 1.82) is 0 Å². The number of anilines is 3. The molecule has 0 saturated carbocycles. The van der Waals surface area contributed by atoms with E-state index in [-0.39, 0.29) is 11.5 Å². The van der Waals surface area contributed by atoms with Crippen LogP contribution in [-0.4, -0.2) is 17.7 Å². The standard InChI is InChI=1S/C21H14ClN3O5S/c22-12-5-6-13(14(11-12)24-19(26)15-3-1-9-29-15)23-21(28)17-7-8-18(31-17)25-20(27)16-4-2-10-30-16/h1-11H,(H,23,28)(H,24,26)(H,25,27). The number of carbonyl (C=O) groups is 3. The van der Waals surface area contributed by atoms with Crippen molar-refractivity contribution in [3.63, 3.8) is 0 Å². The van der Waals surface area contributed by atoms with Crippen LogP contribution in [-0.2, 0) is 0 Å². The largest absolute Gasteiger partial charge is 0.459 e. The molecule has 3 aromatic heterocycles. The number of nitrogens with one attached hydrogen (secondary N) is 3. The minimum atomic E-state index is -0.484. The van der Waals surface area contributed by atoms with Gasteiger partial charge in [-0.2, -0.15) is 0 Å². The average Bonchev–Trinajstić information content (AvgIpc) is 3.52. The molecule has 0 spiro atoms. The first-order valence-corrected chi connectivity index (χ1v) is 10.1. The monoisotopic (exact) mass is 455 g/mol. The van der Waals surface area contributed by atoms with Crippen LogP contribution in [0.1, 0.15) is 30.8 Å². The number of hydrogen-bond donors (Lipinski definition) is 3. The van der Waals surface area contributed by atoms with Crippen LogP contribution in [0, 0.1) is 0 Å². The lowest BCUT2D eigenvalue weighted by molar-refractivity contribution is 0.0989. The van der Waals surface area contributed by atoms with Gasteiger partial charge in [-0.05, 0) is 54.6 Å². The summed E-state index contributed by atoms with van der Waals surface area (Å²) in [6.45, 7) is 0. The van der Waals surface area contributed by atoms with E-state index in [1.165, 1.54) is 30.7 Å². The van der Waals surface area contributed by atoms with Crippen LogP contribution in [0.3, 0.4) is 0 Å². The lowest BCUT2D eigenvalue weighted by atomic mass is 10.2. The van der Waals surface area contributed by atoms with Gasteiger partial charge in [0.15, 0.2) is 11.5 Å². The fraction of sp³-hybridized carbons (Fsp3) is 0. The molecule has 0 fully saturated rings. The first-order valence-electron chi connectivity index (χ1n) is 8.90. The SMILES string of the molecule is O=C(Nc1ccc(C(=O)Nc2ccc(Cl)cc2NC(=O)c2ccco2)s1)c1ccco1. The number of hydrogen-bond acceptors (Lipinski definition) is 6. The zero-order chi connectivity index (χ0) is 21.8. The zero-order valence-corrected chi connectivity index (χ0v) is 17.3. The van der Waals surface area contributed by atoms with E-state index in [0.29, 0.717) is 26.3 Å². The van der Waals surface area contributed by atoms with Crippen molar-refractivity contribution in [1.82, 2.24) is 0 Å². The summed E-state index contributed by atoms with van der Waals surface area (Å²) in [5.41, 5.74) is 0.661. The molecule has 0 aliphatic heterocycles. The van der Waals surface area contributed by atoms with Gasteiger partial charge < -0.3 is 24.8 Å². The number of carbonyl (C=O) groups excluding carboxylic acids is 3. The normalized spacial score (nSPS) is 10.5. The van der Waals surface area contributed by atoms with Gasteiger partial charge in [-0.25, -0.2) is 0 Å². The highest BCUT2D eigenvalue weighted by Crippen LogP contribution is 2.29. The Morgan fingerprint density at radius 2 is 1.39 bits per heavy atom. The van der Waals surface area contributed by atoms with Gasteiger partial charge in [0.25, 0.3) is 17.7 Å². The molecule has 156 valence electrons. The maximum absolute atomic E-state index is 12.7. The van der Waals surface area contributed by atoms with Gasteiger partial charge >= 0.3 is 0 Å². The average molecular weight is 456 g/mol. The van der Waals surface area contributed by atoms with E-state index in [9.17, 15) is 14.4 Å². The van der Waals surface area contributed by atoms with E-state index >= 15 is 0 Å². The quantitative estimate of drug-likeness (QED) is 0.363. The summed E-state index contributed by atoms with van der Waals surface area (Å²) in [6.07, 6.45) is 2.78. The van der Waals surface area contributed by atoms with Gasteiger partial charge in [-0.3, -0.25) is 14.4 Å². The van der Waals surface area contributed by atoms with Crippen LogP contribution in [0.15, 0.2) is 76.0 Å². The molecular weight excluding hydrogens is 442 g/mol. The van der Waals surface area contributed by atoms with Crippen molar-refractivity contribution in [3.8, 4) is 0 Å². The maximum Gasteiger partial charge on any atom is 0.291 e. The van der Waals surface area contributed by atoms with Crippen LogP contribution in [0.4, 0.5) is 16.4 Å². The summed E-state index contributed by atoms with van der Waals surface area (Å²) < 4.78 is 10.1. The van der Waals surface area contributed by atoms with E-state index in [4.69, 9.17) is 20.4 Å². The number of amides is 3. The number of halogens is 1. The molecule has 0 aliphatic carbocycles. The summed E-state index contributed by atoms with van der Waals surface area (Å²) in [5, 5.41) is 8.92. The Balaban J connectivity index is 1.47. The van der Waals surface area contributed by atoms with Crippen molar-refractivity contribution in [3.05, 3.63) is 88.5 Å². The molecule has 0 aliphatic rings. The third-order valence-electron chi connectivity index (χ3n) is 4.03. The smallest absolute Gasteiger partial charge is 0.291 e. The van der Waals surface area contributed by atoms with E-state index in [1.807, 2.05) is 0 Å². The van der Waals surface area contributed by atoms with Crippen molar-refractivity contribution in [2.45, 2.75) is 0 Å². The second-order valence-corrected chi connectivity index (χ2v) is 7.69. The fourth-order valence-corrected chi connectivity index (χ4v) is 3.58. The van der Waals surface area contributed by atoms with E-state index < -0.39 is 17.7 Å². The Kier molecular flexibility index (Phi) is 5.87. The minimum absolute atomic E-state index is 0.118. The third kappa shape index (κ3) is 4.85. The van der Waals surface area contributed by atoms with Crippen molar-refractivity contribution in [2.75, 3.05) is 16.0 Å². The van der Waals surface area contributed by atoms with Crippen molar-refractivity contribution >= 4 is 57.0 Å². The van der Waals surface area contributed by atoms with Crippen LogP contribution >= 0.6 is 22.9 Å². The van der Waals surface area contributed by atoms with Gasteiger partial charge in [0.05, 0.1) is 33.8 Å². The maximum atomic E-state index is 12.7. The van der Waals surface area contributed by atoms with E-state index in [1.54, 1.807) is 36.4 Å². The number of benzene rings is 1. The number of rotatable bonds is 6. The first kappa shape index (κ1) is 20.5. The van der Waals surface area contributed by atoms with E-state index in [2.05, 4.69) is 16.0 Å². The van der Waals surface area contributed by atoms with Gasteiger partial charge in [-0.15, -0.1) is 11.3 Å². The number of furan rings is 2. The molecule has 0 unspecified atom stereocenters. The fourth-order valence-electron chi connectivity index (χ4n) is 2.61. The van der Waals surface area contributed by atoms with Gasteiger partial charge in [-0.1, -0.05) is 11.6 Å². The minimum Gasteiger partial charge on any atom is -0.459 e. The Hall–Kier alpha value is -3.82. The molecule has 3 amide bonds. The highest BCUT2D eigenvalue weighted by atomic mass is 35.5. The van der Waals surface area contributed by atoms with Crippen LogP contribution in [0.25, 0.3) is 0 Å². The molecule has 4 aromatic rings. The Bertz CT molecular complexity index is 1230. The molecule has 3 heterocycles. The van der Waals surface area contributed by atoms with Crippen molar-refractivity contribution in [2.24, 2.45) is 0 Å². The molecule has 1 aromatic carbocycles. The predicted octanol–water partition coefficient (Wildman–Crippen LogP) is 5.34. The molecule has 8 nitrogen and oxygen atoms in total. The Labute approximate surface area is 184 Å². The van der Waals surface area contributed by atoms with Crippen LogP contribution < -0.4 is 16.0 Å². The molecule has 0 bridgehead atoms. The molecule has 10 heteroatoms. The van der Waals surface area contributed by atoms with Crippen LogP contribution in [0.5, 0.6) is 0 Å². The molecule has 0 saturated heterocycles. The second kappa shape index (κ2) is 8.90.